The first kappa shape index (κ1) is 24.1. The highest BCUT2D eigenvalue weighted by molar-refractivity contribution is 5.93. The van der Waals surface area contributed by atoms with E-state index in [1.807, 2.05) is 18.5 Å². The summed E-state index contributed by atoms with van der Waals surface area (Å²) in [5.74, 6) is 0.185. The Morgan fingerprint density at radius 3 is 2.57 bits per heavy atom. The van der Waals surface area contributed by atoms with Crippen LogP contribution in [0.1, 0.15) is 41.4 Å². The van der Waals surface area contributed by atoms with Crippen LogP contribution in [0.2, 0.25) is 0 Å². The largest absolute Gasteiger partial charge is 0.477 e. The Balaban J connectivity index is 1.25. The summed E-state index contributed by atoms with van der Waals surface area (Å²) >= 11 is 0. The topological polar surface area (TPSA) is 130 Å². The standard InChI is InChI=1S/C26H29N7O2/c1-2-35-26-22(12-27)23(28)11-24(32-26)25(34)31-13-18-7-9-33(10-8-18)16-19-3-5-20(6-4-19)21-14-29-17-30-15-21/h3-6,11,14-15,17-18H,2,7-10,13,16H2,1H3,(H2,28,32)(H,31,34). The molecule has 3 aromatic rings. The van der Waals surface area contributed by atoms with Crippen LogP contribution in [0, 0.1) is 17.2 Å². The molecule has 35 heavy (non-hydrogen) atoms. The van der Waals surface area contributed by atoms with E-state index in [0.717, 1.165) is 43.6 Å². The highest BCUT2D eigenvalue weighted by atomic mass is 16.5. The molecule has 0 radical (unpaired) electrons. The van der Waals surface area contributed by atoms with Crippen molar-refractivity contribution in [1.29, 1.82) is 5.26 Å². The zero-order chi connectivity index (χ0) is 24.6. The molecule has 9 nitrogen and oxygen atoms in total. The Kier molecular flexibility index (Phi) is 7.85. The predicted octanol–water partition coefficient (Wildman–Crippen LogP) is 3.03. The number of aromatic nitrogens is 3. The summed E-state index contributed by atoms with van der Waals surface area (Å²) in [7, 11) is 0. The van der Waals surface area contributed by atoms with Gasteiger partial charge in [-0.15, -0.1) is 0 Å². The molecule has 1 fully saturated rings. The average molecular weight is 472 g/mol. The number of benzene rings is 1. The number of nitrogen functional groups attached to an aromatic ring is 1. The van der Waals surface area contributed by atoms with Crippen molar-refractivity contribution in [2.45, 2.75) is 26.3 Å². The minimum Gasteiger partial charge on any atom is -0.477 e. The lowest BCUT2D eigenvalue weighted by molar-refractivity contribution is 0.0929. The Bertz CT molecular complexity index is 1180. The first-order valence-electron chi connectivity index (χ1n) is 11.8. The number of likely N-dealkylation sites (tertiary alicyclic amines) is 1. The number of ether oxygens (including phenoxy) is 1. The Morgan fingerprint density at radius 2 is 1.91 bits per heavy atom. The Labute approximate surface area is 205 Å². The molecule has 1 amide bonds. The van der Waals surface area contributed by atoms with Gasteiger partial charge in [-0.1, -0.05) is 24.3 Å². The van der Waals surface area contributed by atoms with Gasteiger partial charge in [-0.05, 0) is 56.0 Å². The molecule has 1 saturated heterocycles. The number of hydrogen-bond acceptors (Lipinski definition) is 8. The van der Waals surface area contributed by atoms with E-state index in [4.69, 9.17) is 10.5 Å². The van der Waals surface area contributed by atoms with Crippen molar-refractivity contribution in [3.63, 3.8) is 0 Å². The fourth-order valence-corrected chi connectivity index (χ4v) is 4.20. The van der Waals surface area contributed by atoms with Crippen molar-refractivity contribution in [1.82, 2.24) is 25.2 Å². The van der Waals surface area contributed by atoms with Gasteiger partial charge in [-0.2, -0.15) is 5.26 Å². The molecule has 0 aliphatic carbocycles. The summed E-state index contributed by atoms with van der Waals surface area (Å²) in [5.41, 5.74) is 9.81. The quantitative estimate of drug-likeness (QED) is 0.513. The molecule has 0 saturated carbocycles. The van der Waals surface area contributed by atoms with Gasteiger partial charge in [0.1, 0.15) is 23.7 Å². The summed E-state index contributed by atoms with van der Waals surface area (Å²) in [5, 5.41) is 12.2. The zero-order valence-corrected chi connectivity index (χ0v) is 19.8. The number of pyridine rings is 1. The smallest absolute Gasteiger partial charge is 0.270 e. The molecular formula is C26H29N7O2. The third kappa shape index (κ3) is 6.11. The lowest BCUT2D eigenvalue weighted by Crippen LogP contribution is -2.38. The number of nitrogens with zero attached hydrogens (tertiary/aromatic N) is 5. The number of nitrogens with two attached hydrogens (primary N) is 1. The van der Waals surface area contributed by atoms with E-state index < -0.39 is 0 Å². The summed E-state index contributed by atoms with van der Waals surface area (Å²) in [6.07, 6.45) is 7.18. The van der Waals surface area contributed by atoms with Crippen molar-refractivity contribution in [3.05, 3.63) is 65.9 Å². The van der Waals surface area contributed by atoms with Crippen molar-refractivity contribution in [3.8, 4) is 23.1 Å². The highest BCUT2D eigenvalue weighted by Crippen LogP contribution is 2.24. The minimum atomic E-state index is -0.312. The van der Waals surface area contributed by atoms with Gasteiger partial charge in [-0.3, -0.25) is 9.69 Å². The van der Waals surface area contributed by atoms with Gasteiger partial charge in [-0.25, -0.2) is 15.0 Å². The molecule has 0 bridgehead atoms. The summed E-state index contributed by atoms with van der Waals surface area (Å²) in [6.45, 7) is 5.55. The molecule has 9 heteroatoms. The SMILES string of the molecule is CCOc1nc(C(=O)NCC2CCN(Cc3ccc(-c4cncnc4)cc3)CC2)cc(N)c1C#N. The molecule has 1 aliphatic heterocycles. The summed E-state index contributed by atoms with van der Waals surface area (Å²) in [6, 6.07) is 11.9. The van der Waals surface area contributed by atoms with Crippen LogP contribution in [0.5, 0.6) is 5.88 Å². The molecule has 1 aliphatic rings. The van der Waals surface area contributed by atoms with Gasteiger partial charge in [0, 0.05) is 31.0 Å². The molecule has 3 heterocycles. The van der Waals surface area contributed by atoms with Gasteiger partial charge >= 0.3 is 0 Å². The third-order valence-electron chi connectivity index (χ3n) is 6.15. The molecule has 2 aromatic heterocycles. The fourth-order valence-electron chi connectivity index (χ4n) is 4.20. The van der Waals surface area contributed by atoms with E-state index >= 15 is 0 Å². The second kappa shape index (κ2) is 11.4. The zero-order valence-electron chi connectivity index (χ0n) is 19.8. The number of rotatable bonds is 8. The maximum absolute atomic E-state index is 12.6. The van der Waals surface area contributed by atoms with Crippen molar-refractivity contribution >= 4 is 11.6 Å². The first-order chi connectivity index (χ1) is 17.1. The first-order valence-corrected chi connectivity index (χ1v) is 11.8. The summed E-state index contributed by atoms with van der Waals surface area (Å²) < 4.78 is 5.38. The van der Waals surface area contributed by atoms with Crippen molar-refractivity contribution in [2.24, 2.45) is 5.92 Å². The Hall–Kier alpha value is -4.03. The van der Waals surface area contributed by atoms with Gasteiger partial charge < -0.3 is 15.8 Å². The van der Waals surface area contributed by atoms with Crippen molar-refractivity contribution in [2.75, 3.05) is 32.0 Å². The number of piperidine rings is 1. The fraction of sp³-hybridized carbons (Fsp3) is 0.346. The van der Waals surface area contributed by atoms with E-state index in [-0.39, 0.29) is 28.7 Å². The van der Waals surface area contributed by atoms with Gasteiger partial charge in [0.15, 0.2) is 0 Å². The average Bonchev–Trinajstić information content (AvgIpc) is 2.89. The van der Waals surface area contributed by atoms with Gasteiger partial charge in [0.2, 0.25) is 5.88 Å². The molecule has 4 rings (SSSR count). The van der Waals surface area contributed by atoms with Crippen LogP contribution >= 0.6 is 0 Å². The highest BCUT2D eigenvalue weighted by Gasteiger charge is 2.21. The van der Waals surface area contributed by atoms with Crippen LogP contribution < -0.4 is 15.8 Å². The number of carbonyl (C=O) groups is 1. The van der Waals surface area contributed by atoms with E-state index in [1.54, 1.807) is 6.92 Å². The van der Waals surface area contributed by atoms with Gasteiger partial charge in [0.25, 0.3) is 5.91 Å². The lowest BCUT2D eigenvalue weighted by Gasteiger charge is -2.32. The second-order valence-electron chi connectivity index (χ2n) is 8.58. The van der Waals surface area contributed by atoms with Crippen LogP contribution in [0.4, 0.5) is 5.69 Å². The maximum Gasteiger partial charge on any atom is 0.270 e. The molecule has 0 atom stereocenters. The number of amides is 1. The third-order valence-corrected chi connectivity index (χ3v) is 6.15. The Morgan fingerprint density at radius 1 is 1.20 bits per heavy atom. The van der Waals surface area contributed by atoms with Crippen LogP contribution in [-0.4, -0.2) is 52.0 Å². The molecule has 180 valence electrons. The van der Waals surface area contributed by atoms with E-state index in [1.165, 1.54) is 18.0 Å². The number of anilines is 1. The summed E-state index contributed by atoms with van der Waals surface area (Å²) in [4.78, 5) is 27.4. The van der Waals surface area contributed by atoms with E-state index in [2.05, 4.69) is 49.4 Å². The number of nitrogens with one attached hydrogen (secondary N) is 1. The maximum atomic E-state index is 12.6. The van der Waals surface area contributed by atoms with E-state index in [0.29, 0.717) is 19.1 Å². The van der Waals surface area contributed by atoms with Crippen LogP contribution in [0.15, 0.2) is 49.1 Å². The molecular weight excluding hydrogens is 442 g/mol. The molecule has 3 N–H and O–H groups in total. The van der Waals surface area contributed by atoms with Gasteiger partial charge in [0.05, 0.1) is 12.3 Å². The van der Waals surface area contributed by atoms with Crippen LogP contribution in [0.25, 0.3) is 11.1 Å². The molecule has 1 aromatic carbocycles. The van der Waals surface area contributed by atoms with Crippen molar-refractivity contribution < 1.29 is 9.53 Å². The van der Waals surface area contributed by atoms with E-state index in [9.17, 15) is 10.1 Å². The lowest BCUT2D eigenvalue weighted by atomic mass is 9.96. The normalized spacial score (nSPS) is 14.3. The van der Waals surface area contributed by atoms with Crippen LogP contribution in [-0.2, 0) is 6.54 Å². The molecule has 0 spiro atoms. The molecule has 0 unspecified atom stereocenters. The minimum absolute atomic E-state index is 0.0959. The number of carbonyl (C=O) groups excluding carboxylic acids is 1. The number of nitriles is 1. The van der Waals surface area contributed by atoms with Crippen LogP contribution in [0.3, 0.4) is 0 Å². The predicted molar refractivity (Wildman–Crippen MR) is 132 cm³/mol. The monoisotopic (exact) mass is 471 g/mol. The number of hydrogen-bond donors (Lipinski definition) is 2. The second-order valence-corrected chi connectivity index (χ2v) is 8.58.